The third-order valence-electron chi connectivity index (χ3n) is 1.20. The van der Waals surface area contributed by atoms with E-state index in [9.17, 15) is 0 Å². The second-order valence-corrected chi connectivity index (χ2v) is 2.91. The SMILES string of the molecule is Cn1ncc(Br)c1OCCN. The van der Waals surface area contributed by atoms with E-state index in [-0.39, 0.29) is 0 Å². The van der Waals surface area contributed by atoms with Crippen LogP contribution in [0.3, 0.4) is 0 Å². The molecule has 0 spiro atoms. The average Bonchev–Trinajstić information content (AvgIpc) is 2.29. The molecule has 0 saturated carbocycles. The second kappa shape index (κ2) is 3.73. The first-order valence-corrected chi connectivity index (χ1v) is 4.05. The summed E-state index contributed by atoms with van der Waals surface area (Å²) < 4.78 is 7.79. The highest BCUT2D eigenvalue weighted by Crippen LogP contribution is 2.22. The van der Waals surface area contributed by atoms with Crippen LogP contribution < -0.4 is 10.5 Å². The molecule has 1 aromatic rings. The van der Waals surface area contributed by atoms with Gasteiger partial charge < -0.3 is 10.5 Å². The van der Waals surface area contributed by atoms with Gasteiger partial charge in [-0.1, -0.05) is 0 Å². The van der Waals surface area contributed by atoms with Gasteiger partial charge in [-0.05, 0) is 15.9 Å². The van der Waals surface area contributed by atoms with Crippen molar-refractivity contribution in [1.29, 1.82) is 0 Å². The second-order valence-electron chi connectivity index (χ2n) is 2.06. The number of ether oxygens (including phenoxy) is 1. The third-order valence-corrected chi connectivity index (χ3v) is 1.74. The minimum atomic E-state index is 0.512. The number of hydrogen-bond acceptors (Lipinski definition) is 3. The van der Waals surface area contributed by atoms with Gasteiger partial charge in [0.1, 0.15) is 6.61 Å². The van der Waals surface area contributed by atoms with Gasteiger partial charge >= 0.3 is 0 Å². The summed E-state index contributed by atoms with van der Waals surface area (Å²) in [5.74, 6) is 0.718. The van der Waals surface area contributed by atoms with E-state index in [1.165, 1.54) is 0 Å². The van der Waals surface area contributed by atoms with Crippen molar-refractivity contribution < 1.29 is 4.74 Å². The molecule has 0 amide bonds. The van der Waals surface area contributed by atoms with Gasteiger partial charge in [0.25, 0.3) is 0 Å². The van der Waals surface area contributed by atoms with Crippen LogP contribution in [0.25, 0.3) is 0 Å². The molecule has 0 unspecified atom stereocenters. The molecular formula is C6H10BrN3O. The van der Waals surface area contributed by atoms with E-state index in [0.29, 0.717) is 13.2 Å². The number of aromatic nitrogens is 2. The summed E-state index contributed by atoms with van der Waals surface area (Å²) in [6.45, 7) is 1.02. The molecule has 0 saturated heterocycles. The van der Waals surface area contributed by atoms with E-state index in [0.717, 1.165) is 10.4 Å². The number of hydrogen-bond donors (Lipinski definition) is 1. The number of rotatable bonds is 3. The Hall–Kier alpha value is -0.550. The van der Waals surface area contributed by atoms with Crippen molar-refractivity contribution in [3.8, 4) is 5.88 Å². The third kappa shape index (κ3) is 1.94. The van der Waals surface area contributed by atoms with Crippen LogP contribution in [0.5, 0.6) is 5.88 Å². The van der Waals surface area contributed by atoms with Crippen LogP contribution in [0, 0.1) is 0 Å². The summed E-state index contributed by atoms with van der Waals surface area (Å²) in [7, 11) is 1.82. The lowest BCUT2D eigenvalue weighted by molar-refractivity contribution is 0.297. The molecule has 0 fully saturated rings. The van der Waals surface area contributed by atoms with E-state index in [1.807, 2.05) is 7.05 Å². The molecule has 0 aromatic carbocycles. The van der Waals surface area contributed by atoms with Crippen LogP contribution in [0.1, 0.15) is 0 Å². The Labute approximate surface area is 73.5 Å². The van der Waals surface area contributed by atoms with Crippen molar-refractivity contribution in [2.75, 3.05) is 13.2 Å². The van der Waals surface area contributed by atoms with E-state index < -0.39 is 0 Å². The molecule has 1 aromatic heterocycles. The lowest BCUT2D eigenvalue weighted by Crippen LogP contribution is -2.12. The molecule has 0 atom stereocenters. The van der Waals surface area contributed by atoms with Gasteiger partial charge in [-0.15, -0.1) is 0 Å². The summed E-state index contributed by atoms with van der Waals surface area (Å²) in [4.78, 5) is 0. The Balaban J connectivity index is 2.67. The van der Waals surface area contributed by atoms with Crippen molar-refractivity contribution in [3.05, 3.63) is 10.7 Å². The fraction of sp³-hybridized carbons (Fsp3) is 0.500. The Kier molecular flexibility index (Phi) is 2.90. The fourth-order valence-corrected chi connectivity index (χ4v) is 1.18. The van der Waals surface area contributed by atoms with Crippen LogP contribution in [0.4, 0.5) is 0 Å². The summed E-state index contributed by atoms with van der Waals surface area (Å²) >= 11 is 3.30. The highest BCUT2D eigenvalue weighted by Gasteiger charge is 2.05. The van der Waals surface area contributed by atoms with Crippen molar-refractivity contribution in [3.63, 3.8) is 0 Å². The van der Waals surface area contributed by atoms with Crippen LogP contribution in [-0.2, 0) is 7.05 Å². The van der Waals surface area contributed by atoms with E-state index in [2.05, 4.69) is 21.0 Å². The van der Waals surface area contributed by atoms with Gasteiger partial charge in [0.15, 0.2) is 0 Å². The number of aryl methyl sites for hydroxylation is 1. The first-order chi connectivity index (χ1) is 5.25. The van der Waals surface area contributed by atoms with E-state index in [1.54, 1.807) is 10.9 Å². The molecule has 1 heterocycles. The molecule has 2 N–H and O–H groups in total. The first kappa shape index (κ1) is 8.55. The Morgan fingerprint density at radius 1 is 1.82 bits per heavy atom. The van der Waals surface area contributed by atoms with Crippen molar-refractivity contribution in [2.45, 2.75) is 0 Å². The molecule has 4 nitrogen and oxygen atoms in total. The normalized spacial score (nSPS) is 10.1. The standard InChI is InChI=1S/C6H10BrN3O/c1-10-6(11-3-2-8)5(7)4-9-10/h4H,2-3,8H2,1H3. The lowest BCUT2D eigenvalue weighted by Gasteiger charge is -2.03. The number of halogens is 1. The molecule has 0 bridgehead atoms. The van der Waals surface area contributed by atoms with Crippen LogP contribution in [0.15, 0.2) is 10.7 Å². The smallest absolute Gasteiger partial charge is 0.226 e. The Bertz CT molecular complexity index is 216. The summed E-state index contributed by atoms with van der Waals surface area (Å²) in [6.07, 6.45) is 1.69. The summed E-state index contributed by atoms with van der Waals surface area (Å²) in [6, 6.07) is 0. The molecule has 5 heteroatoms. The van der Waals surface area contributed by atoms with Crippen LogP contribution in [0.2, 0.25) is 0 Å². The zero-order valence-electron chi connectivity index (χ0n) is 6.25. The highest BCUT2D eigenvalue weighted by atomic mass is 79.9. The molecule has 0 aliphatic rings. The van der Waals surface area contributed by atoms with Crippen LogP contribution in [-0.4, -0.2) is 22.9 Å². The van der Waals surface area contributed by atoms with Gasteiger partial charge in [-0.2, -0.15) is 5.10 Å². The van der Waals surface area contributed by atoms with E-state index >= 15 is 0 Å². The first-order valence-electron chi connectivity index (χ1n) is 3.26. The van der Waals surface area contributed by atoms with Gasteiger partial charge in [-0.25, -0.2) is 4.68 Å². The predicted octanol–water partition coefficient (Wildman–Crippen LogP) is 0.520. The lowest BCUT2D eigenvalue weighted by atomic mass is 10.6. The topological polar surface area (TPSA) is 53.1 Å². The average molecular weight is 220 g/mol. The predicted molar refractivity (Wildman–Crippen MR) is 45.5 cm³/mol. The monoisotopic (exact) mass is 219 g/mol. The maximum atomic E-state index is 5.29. The molecule has 1 rings (SSSR count). The van der Waals surface area contributed by atoms with Gasteiger partial charge in [0, 0.05) is 13.6 Å². The maximum Gasteiger partial charge on any atom is 0.226 e. The molecule has 62 valence electrons. The molecule has 0 aliphatic carbocycles. The van der Waals surface area contributed by atoms with Gasteiger partial charge in [0.2, 0.25) is 5.88 Å². The highest BCUT2D eigenvalue weighted by molar-refractivity contribution is 9.10. The summed E-state index contributed by atoms with van der Waals surface area (Å²) in [5, 5.41) is 3.97. The molecule has 0 radical (unpaired) electrons. The van der Waals surface area contributed by atoms with Gasteiger partial charge in [0.05, 0.1) is 10.7 Å². The minimum Gasteiger partial charge on any atom is -0.476 e. The number of nitrogens with zero attached hydrogens (tertiary/aromatic N) is 2. The largest absolute Gasteiger partial charge is 0.476 e. The zero-order chi connectivity index (χ0) is 8.27. The fourth-order valence-electron chi connectivity index (χ4n) is 0.717. The van der Waals surface area contributed by atoms with Crippen molar-refractivity contribution in [1.82, 2.24) is 9.78 Å². The minimum absolute atomic E-state index is 0.512. The molecular weight excluding hydrogens is 210 g/mol. The van der Waals surface area contributed by atoms with Crippen LogP contribution >= 0.6 is 15.9 Å². The van der Waals surface area contributed by atoms with Gasteiger partial charge in [-0.3, -0.25) is 0 Å². The van der Waals surface area contributed by atoms with Crippen molar-refractivity contribution in [2.24, 2.45) is 12.8 Å². The Morgan fingerprint density at radius 2 is 2.55 bits per heavy atom. The molecule has 0 aliphatic heterocycles. The Morgan fingerprint density at radius 3 is 3.00 bits per heavy atom. The molecule has 11 heavy (non-hydrogen) atoms. The van der Waals surface area contributed by atoms with E-state index in [4.69, 9.17) is 10.5 Å². The number of nitrogens with two attached hydrogens (primary N) is 1. The van der Waals surface area contributed by atoms with Crippen molar-refractivity contribution >= 4 is 15.9 Å². The summed E-state index contributed by atoms with van der Waals surface area (Å²) in [5.41, 5.74) is 5.28. The quantitative estimate of drug-likeness (QED) is 0.807. The maximum absolute atomic E-state index is 5.29. The zero-order valence-corrected chi connectivity index (χ0v) is 7.84.